The molecule has 1 aliphatic heterocycles. The monoisotopic (exact) mass is 182 g/mol. The summed E-state index contributed by atoms with van der Waals surface area (Å²) in [6.07, 6.45) is 5.04. The molecule has 1 saturated carbocycles. The van der Waals surface area contributed by atoms with Gasteiger partial charge in [-0.3, -0.25) is 4.79 Å². The van der Waals surface area contributed by atoms with Crippen LogP contribution in [-0.4, -0.2) is 37.5 Å². The number of carbonyl (C=O) groups is 1. The first-order chi connectivity index (χ1) is 6.13. The first-order valence-corrected chi connectivity index (χ1v) is 5.08. The quantitative estimate of drug-likeness (QED) is 0.644. The molecular formula is C10H18N2O. The minimum atomic E-state index is 0.0929. The highest BCUT2D eigenvalue weighted by Gasteiger charge is 2.45. The van der Waals surface area contributed by atoms with Crippen LogP contribution in [0.15, 0.2) is 0 Å². The summed E-state index contributed by atoms with van der Waals surface area (Å²) < 4.78 is 0. The van der Waals surface area contributed by atoms with Crippen molar-refractivity contribution >= 4 is 5.91 Å². The summed E-state index contributed by atoms with van der Waals surface area (Å²) in [5.74, 6) is 0.240. The van der Waals surface area contributed by atoms with E-state index in [0.29, 0.717) is 5.41 Å². The van der Waals surface area contributed by atoms with E-state index in [1.54, 1.807) is 4.90 Å². The van der Waals surface area contributed by atoms with E-state index in [4.69, 9.17) is 0 Å². The third-order valence-corrected chi connectivity index (χ3v) is 3.51. The molecular weight excluding hydrogens is 164 g/mol. The van der Waals surface area contributed by atoms with Crippen molar-refractivity contribution in [3.8, 4) is 0 Å². The minimum absolute atomic E-state index is 0.0929. The summed E-state index contributed by atoms with van der Waals surface area (Å²) in [4.78, 5) is 13.3. The topological polar surface area (TPSA) is 32.3 Å². The third kappa shape index (κ3) is 1.46. The van der Waals surface area contributed by atoms with E-state index >= 15 is 0 Å². The second kappa shape index (κ2) is 2.98. The van der Waals surface area contributed by atoms with Gasteiger partial charge in [0, 0.05) is 20.6 Å². The predicted octanol–water partition coefficient (Wildman–Crippen LogP) is 0.607. The smallest absolute Gasteiger partial charge is 0.239 e. The number of nitrogens with zero attached hydrogens (tertiary/aromatic N) is 1. The molecule has 0 bridgehead atoms. The van der Waals surface area contributed by atoms with Gasteiger partial charge in [0.25, 0.3) is 0 Å². The van der Waals surface area contributed by atoms with E-state index in [9.17, 15) is 4.79 Å². The molecule has 2 rings (SSSR count). The van der Waals surface area contributed by atoms with E-state index in [1.807, 2.05) is 14.1 Å². The molecule has 1 spiro atoms. The number of hydrogen-bond acceptors (Lipinski definition) is 2. The molecule has 1 aliphatic carbocycles. The number of carbonyl (C=O) groups excluding carboxylic acids is 1. The van der Waals surface area contributed by atoms with Crippen molar-refractivity contribution in [2.45, 2.75) is 31.7 Å². The fraction of sp³-hybridized carbons (Fsp3) is 0.900. The van der Waals surface area contributed by atoms with Crippen LogP contribution < -0.4 is 5.32 Å². The fourth-order valence-electron chi connectivity index (χ4n) is 2.46. The van der Waals surface area contributed by atoms with Gasteiger partial charge < -0.3 is 10.2 Å². The third-order valence-electron chi connectivity index (χ3n) is 3.51. The average molecular weight is 182 g/mol. The zero-order chi connectivity index (χ0) is 9.47. The lowest BCUT2D eigenvalue weighted by molar-refractivity contribution is -0.130. The molecule has 0 radical (unpaired) electrons. The van der Waals surface area contributed by atoms with Gasteiger partial charge >= 0.3 is 0 Å². The molecule has 2 aliphatic rings. The van der Waals surface area contributed by atoms with Gasteiger partial charge in [0.15, 0.2) is 0 Å². The summed E-state index contributed by atoms with van der Waals surface area (Å²) in [5.41, 5.74) is 0.496. The minimum Gasteiger partial charge on any atom is -0.347 e. The van der Waals surface area contributed by atoms with Gasteiger partial charge in [-0.15, -0.1) is 0 Å². The Morgan fingerprint density at radius 3 is 2.54 bits per heavy atom. The Balaban J connectivity index is 1.94. The number of hydrogen-bond donors (Lipinski definition) is 1. The van der Waals surface area contributed by atoms with Crippen molar-refractivity contribution in [1.29, 1.82) is 0 Å². The van der Waals surface area contributed by atoms with Gasteiger partial charge in [0.2, 0.25) is 5.91 Å². The van der Waals surface area contributed by atoms with Gasteiger partial charge in [-0.25, -0.2) is 0 Å². The number of rotatable bonds is 1. The molecule has 1 amide bonds. The van der Waals surface area contributed by atoms with Gasteiger partial charge in [-0.2, -0.15) is 0 Å². The van der Waals surface area contributed by atoms with Gasteiger partial charge in [0.1, 0.15) is 0 Å². The highest BCUT2D eigenvalue weighted by molar-refractivity contribution is 5.81. The average Bonchev–Trinajstić information content (AvgIpc) is 2.45. The van der Waals surface area contributed by atoms with E-state index in [-0.39, 0.29) is 11.9 Å². The number of nitrogens with one attached hydrogen (secondary N) is 1. The molecule has 1 saturated heterocycles. The highest BCUT2D eigenvalue weighted by atomic mass is 16.2. The van der Waals surface area contributed by atoms with Crippen LogP contribution in [0.1, 0.15) is 25.7 Å². The molecule has 1 heterocycles. The van der Waals surface area contributed by atoms with Crippen LogP contribution in [0.5, 0.6) is 0 Å². The molecule has 3 heteroatoms. The molecule has 0 aromatic heterocycles. The van der Waals surface area contributed by atoms with Crippen LogP contribution in [0.3, 0.4) is 0 Å². The molecule has 13 heavy (non-hydrogen) atoms. The number of likely N-dealkylation sites (N-methyl/N-ethyl adjacent to an activating group) is 1. The lowest BCUT2D eigenvalue weighted by atomic mass is 9.67. The van der Waals surface area contributed by atoms with Gasteiger partial charge in [-0.05, 0) is 24.7 Å². The van der Waals surface area contributed by atoms with E-state index in [2.05, 4.69) is 5.32 Å². The van der Waals surface area contributed by atoms with Gasteiger partial charge in [0.05, 0.1) is 6.04 Å². The van der Waals surface area contributed by atoms with Crippen LogP contribution in [0, 0.1) is 5.41 Å². The molecule has 2 fully saturated rings. The summed E-state index contributed by atoms with van der Waals surface area (Å²) in [7, 11) is 3.66. The predicted molar refractivity (Wildman–Crippen MR) is 51.4 cm³/mol. The second-order valence-electron chi connectivity index (χ2n) is 4.72. The summed E-state index contributed by atoms with van der Waals surface area (Å²) in [6, 6.07) is 0.0929. The SMILES string of the molecule is CN(C)C(=O)[C@@H]1CC2(CCC2)CN1. The standard InChI is InChI=1S/C10H18N2O/c1-12(2)9(13)8-6-10(7-11-8)4-3-5-10/h8,11H,3-7H2,1-2H3/t8-/m0/s1. The van der Waals surface area contributed by atoms with Crippen LogP contribution in [-0.2, 0) is 4.79 Å². The van der Waals surface area contributed by atoms with E-state index in [1.165, 1.54) is 19.3 Å². The van der Waals surface area contributed by atoms with Crippen LogP contribution in [0.4, 0.5) is 0 Å². The van der Waals surface area contributed by atoms with Crippen molar-refractivity contribution in [3.05, 3.63) is 0 Å². The Morgan fingerprint density at radius 2 is 2.15 bits per heavy atom. The first-order valence-electron chi connectivity index (χ1n) is 5.08. The molecule has 0 unspecified atom stereocenters. The molecule has 0 aromatic carbocycles. The van der Waals surface area contributed by atoms with Crippen molar-refractivity contribution < 1.29 is 4.79 Å². The van der Waals surface area contributed by atoms with Crippen LogP contribution >= 0.6 is 0 Å². The zero-order valence-electron chi connectivity index (χ0n) is 8.47. The molecule has 1 atom stereocenters. The molecule has 74 valence electrons. The van der Waals surface area contributed by atoms with Crippen molar-refractivity contribution in [3.63, 3.8) is 0 Å². The Morgan fingerprint density at radius 1 is 1.46 bits per heavy atom. The summed E-state index contributed by atoms with van der Waals surface area (Å²) in [5, 5.41) is 3.34. The molecule has 3 nitrogen and oxygen atoms in total. The summed E-state index contributed by atoms with van der Waals surface area (Å²) in [6.45, 7) is 1.05. The van der Waals surface area contributed by atoms with E-state index < -0.39 is 0 Å². The summed E-state index contributed by atoms with van der Waals surface area (Å²) >= 11 is 0. The largest absolute Gasteiger partial charge is 0.347 e. The lowest BCUT2D eigenvalue weighted by Crippen LogP contribution is -2.39. The maximum atomic E-state index is 11.6. The first kappa shape index (κ1) is 9.00. The highest BCUT2D eigenvalue weighted by Crippen LogP contribution is 2.47. The van der Waals surface area contributed by atoms with Crippen molar-refractivity contribution in [2.24, 2.45) is 5.41 Å². The van der Waals surface area contributed by atoms with Crippen molar-refractivity contribution in [1.82, 2.24) is 10.2 Å². The second-order valence-corrected chi connectivity index (χ2v) is 4.72. The maximum Gasteiger partial charge on any atom is 0.239 e. The molecule has 0 aromatic rings. The van der Waals surface area contributed by atoms with Gasteiger partial charge in [-0.1, -0.05) is 6.42 Å². The Kier molecular flexibility index (Phi) is 2.06. The number of amides is 1. The Labute approximate surface area is 79.5 Å². The van der Waals surface area contributed by atoms with Crippen molar-refractivity contribution in [2.75, 3.05) is 20.6 Å². The molecule has 1 N–H and O–H groups in total. The van der Waals surface area contributed by atoms with Crippen LogP contribution in [0.2, 0.25) is 0 Å². The zero-order valence-corrected chi connectivity index (χ0v) is 8.47. The Bertz CT molecular complexity index is 221. The normalized spacial score (nSPS) is 30.2. The lowest BCUT2D eigenvalue weighted by Gasteiger charge is -2.37. The van der Waals surface area contributed by atoms with Crippen LogP contribution in [0.25, 0.3) is 0 Å². The Hall–Kier alpha value is -0.570. The fourth-order valence-corrected chi connectivity index (χ4v) is 2.46. The van der Waals surface area contributed by atoms with E-state index in [0.717, 1.165) is 13.0 Å². The maximum absolute atomic E-state index is 11.6.